The van der Waals surface area contributed by atoms with Gasteiger partial charge in [0.15, 0.2) is 29.0 Å². The molecule has 0 aliphatic rings. The molecule has 0 atom stereocenters. The molecule has 13 heteroatoms. The van der Waals surface area contributed by atoms with E-state index in [9.17, 15) is 13.6 Å². The number of carbonyl (C=O) groups excluding carboxylic acids is 1. The number of nitrogens with one attached hydrogen (secondary N) is 1. The fourth-order valence-corrected chi connectivity index (χ4v) is 3.93. The molecule has 0 unspecified atom stereocenters. The van der Waals surface area contributed by atoms with Crippen LogP contribution in [0, 0.1) is 11.6 Å². The first-order chi connectivity index (χ1) is 18.5. The van der Waals surface area contributed by atoms with Gasteiger partial charge in [-0.1, -0.05) is 29.4 Å². The molecule has 0 radical (unpaired) electrons. The lowest BCUT2D eigenvalue weighted by Crippen LogP contribution is -2.19. The predicted molar refractivity (Wildman–Crippen MR) is 131 cm³/mol. The van der Waals surface area contributed by atoms with E-state index < -0.39 is 11.6 Å². The molecule has 3 N–H and O–H groups in total. The number of rotatable bonds is 6. The number of carbonyl (C=O) groups is 1. The molecule has 6 aromatic rings. The molecule has 6 rings (SSSR count). The Balaban J connectivity index is 1.24. The lowest BCUT2D eigenvalue weighted by molar-refractivity contribution is -0.116. The fraction of sp³-hybridized carbons (Fsp3) is 0.0400. The highest BCUT2D eigenvalue weighted by Crippen LogP contribution is 2.28. The van der Waals surface area contributed by atoms with Crippen molar-refractivity contribution in [2.75, 3.05) is 11.1 Å². The Labute approximate surface area is 211 Å². The van der Waals surface area contributed by atoms with Crippen LogP contribution < -0.4 is 11.1 Å². The Hall–Kier alpha value is -5.46. The van der Waals surface area contributed by atoms with E-state index in [1.807, 2.05) is 18.2 Å². The van der Waals surface area contributed by atoms with Gasteiger partial charge in [-0.2, -0.15) is 4.98 Å². The van der Waals surface area contributed by atoms with E-state index in [0.29, 0.717) is 28.1 Å². The van der Waals surface area contributed by atoms with Crippen LogP contribution in [0.1, 0.15) is 0 Å². The van der Waals surface area contributed by atoms with E-state index in [1.54, 1.807) is 34.9 Å². The second-order valence-corrected chi connectivity index (χ2v) is 8.19. The molecule has 0 aliphatic carbocycles. The summed E-state index contributed by atoms with van der Waals surface area (Å²) in [6.45, 7) is -0.102. The minimum Gasteiger partial charge on any atom is -0.379 e. The molecular weight excluding hydrogens is 498 g/mol. The summed E-state index contributed by atoms with van der Waals surface area (Å²) in [5, 5.41) is 14.2. The van der Waals surface area contributed by atoms with Gasteiger partial charge in [0, 0.05) is 16.8 Å². The van der Waals surface area contributed by atoms with Gasteiger partial charge in [-0.25, -0.2) is 18.4 Å². The molecule has 3 heterocycles. The summed E-state index contributed by atoms with van der Waals surface area (Å²) in [5.41, 5.74) is 8.68. The smallest absolute Gasteiger partial charge is 0.258 e. The summed E-state index contributed by atoms with van der Waals surface area (Å²) in [5.74, 6) is -1.73. The number of halogens is 2. The summed E-state index contributed by atoms with van der Waals surface area (Å²) < 4.78 is 38.4. The molecule has 0 aliphatic heterocycles. The van der Waals surface area contributed by atoms with Gasteiger partial charge in [0.05, 0.1) is 11.0 Å². The maximum Gasteiger partial charge on any atom is 0.258 e. The Morgan fingerprint density at radius 1 is 0.921 bits per heavy atom. The predicted octanol–water partition coefficient (Wildman–Crippen LogP) is 4.30. The van der Waals surface area contributed by atoms with Crippen LogP contribution in [0.2, 0.25) is 0 Å². The van der Waals surface area contributed by atoms with E-state index in [-0.39, 0.29) is 41.2 Å². The van der Waals surface area contributed by atoms with Crippen molar-refractivity contribution in [1.29, 1.82) is 0 Å². The number of fused-ring (bicyclic) bond motifs is 1. The van der Waals surface area contributed by atoms with Crippen molar-refractivity contribution in [1.82, 2.24) is 30.0 Å². The maximum absolute atomic E-state index is 13.6. The molecule has 1 amide bonds. The van der Waals surface area contributed by atoms with E-state index in [0.717, 1.165) is 12.1 Å². The summed E-state index contributed by atoms with van der Waals surface area (Å²) in [4.78, 5) is 21.9. The average Bonchev–Trinajstić information content (AvgIpc) is 3.65. The SMILES string of the molecule is Nc1nonc1-c1nc2ccccc2n1CC(=O)Nc1cccc(-c2noc(-c3ccc(F)c(F)c3)n2)c1. The summed E-state index contributed by atoms with van der Waals surface area (Å²) in [7, 11) is 0. The van der Waals surface area contributed by atoms with Crippen molar-refractivity contribution in [3.05, 3.63) is 78.4 Å². The maximum atomic E-state index is 13.6. The lowest BCUT2D eigenvalue weighted by atomic mass is 10.2. The van der Waals surface area contributed by atoms with Crippen LogP contribution in [-0.4, -0.2) is 35.9 Å². The number of amides is 1. The number of aromatic nitrogens is 6. The molecule has 0 spiro atoms. The van der Waals surface area contributed by atoms with Gasteiger partial charge in [-0.05, 0) is 52.8 Å². The van der Waals surface area contributed by atoms with Crippen molar-refractivity contribution >= 4 is 28.4 Å². The standard InChI is InChI=1S/C25H16F2N8O3/c26-16-9-8-14(11-17(16)27)25-31-23(34-37-25)13-4-3-5-15(10-13)29-20(36)12-35-19-7-2-1-6-18(19)30-24(35)21-22(28)33-38-32-21/h1-11H,12H2,(H2,28,33)(H,29,36). The molecule has 0 bridgehead atoms. The molecule has 3 aromatic carbocycles. The van der Waals surface area contributed by atoms with Crippen LogP contribution in [0.15, 0.2) is 75.9 Å². The number of para-hydroxylation sites is 2. The van der Waals surface area contributed by atoms with Crippen LogP contribution in [0.3, 0.4) is 0 Å². The van der Waals surface area contributed by atoms with E-state index in [4.69, 9.17) is 14.9 Å². The quantitative estimate of drug-likeness (QED) is 0.331. The average molecular weight is 514 g/mol. The number of nitrogens with zero attached hydrogens (tertiary/aromatic N) is 6. The zero-order valence-electron chi connectivity index (χ0n) is 19.3. The number of hydrogen-bond donors (Lipinski definition) is 2. The van der Waals surface area contributed by atoms with Crippen molar-refractivity contribution in [3.63, 3.8) is 0 Å². The van der Waals surface area contributed by atoms with E-state index in [2.05, 4.69) is 30.8 Å². The van der Waals surface area contributed by atoms with Crippen LogP contribution in [0.25, 0.3) is 45.4 Å². The number of nitrogens with two attached hydrogens (primary N) is 1. The second kappa shape index (κ2) is 9.20. The van der Waals surface area contributed by atoms with E-state index >= 15 is 0 Å². The molecule has 11 nitrogen and oxygen atoms in total. The van der Waals surface area contributed by atoms with Crippen molar-refractivity contribution in [2.24, 2.45) is 0 Å². The number of anilines is 2. The van der Waals surface area contributed by atoms with Gasteiger partial charge in [-0.15, -0.1) is 0 Å². The van der Waals surface area contributed by atoms with Gasteiger partial charge in [0.25, 0.3) is 5.89 Å². The van der Waals surface area contributed by atoms with Gasteiger partial charge >= 0.3 is 0 Å². The third-order valence-electron chi connectivity index (χ3n) is 5.68. The third-order valence-corrected chi connectivity index (χ3v) is 5.68. The van der Waals surface area contributed by atoms with Crippen molar-refractivity contribution in [2.45, 2.75) is 6.54 Å². The molecule has 0 saturated heterocycles. The highest BCUT2D eigenvalue weighted by atomic mass is 19.2. The first-order valence-electron chi connectivity index (χ1n) is 11.2. The Bertz CT molecular complexity index is 1810. The minimum absolute atomic E-state index is 0.0227. The summed E-state index contributed by atoms with van der Waals surface area (Å²) >= 11 is 0. The number of imidazole rings is 1. The van der Waals surface area contributed by atoms with Crippen molar-refractivity contribution < 1.29 is 22.7 Å². The summed E-state index contributed by atoms with van der Waals surface area (Å²) in [6, 6.07) is 17.4. The fourth-order valence-electron chi connectivity index (χ4n) is 3.93. The molecule has 188 valence electrons. The van der Waals surface area contributed by atoms with Gasteiger partial charge in [0.1, 0.15) is 6.54 Å². The second-order valence-electron chi connectivity index (χ2n) is 8.19. The molecule has 0 fully saturated rings. The topological polar surface area (TPSA) is 151 Å². The minimum atomic E-state index is -1.02. The van der Waals surface area contributed by atoms with Crippen LogP contribution in [0.5, 0.6) is 0 Å². The normalized spacial score (nSPS) is 11.2. The first-order valence-corrected chi connectivity index (χ1v) is 11.2. The Morgan fingerprint density at radius 2 is 1.79 bits per heavy atom. The molecule has 3 aromatic heterocycles. The highest BCUT2D eigenvalue weighted by Gasteiger charge is 2.21. The lowest BCUT2D eigenvalue weighted by Gasteiger charge is -2.09. The third kappa shape index (κ3) is 4.21. The summed E-state index contributed by atoms with van der Waals surface area (Å²) in [6.07, 6.45) is 0. The largest absolute Gasteiger partial charge is 0.379 e. The van der Waals surface area contributed by atoms with Crippen LogP contribution >= 0.6 is 0 Å². The first kappa shape index (κ1) is 23.0. The van der Waals surface area contributed by atoms with Gasteiger partial charge in [0.2, 0.25) is 11.7 Å². The number of nitrogen functional groups attached to an aromatic ring is 1. The zero-order chi connectivity index (χ0) is 26.2. The molecule has 0 saturated carbocycles. The molecule has 38 heavy (non-hydrogen) atoms. The Morgan fingerprint density at radius 3 is 2.61 bits per heavy atom. The van der Waals surface area contributed by atoms with Crippen LogP contribution in [-0.2, 0) is 11.3 Å². The van der Waals surface area contributed by atoms with Gasteiger partial charge < -0.3 is 20.1 Å². The Kier molecular flexibility index (Phi) is 5.56. The molecular formula is C25H16F2N8O3. The van der Waals surface area contributed by atoms with E-state index in [1.165, 1.54) is 6.07 Å². The van der Waals surface area contributed by atoms with Crippen molar-refractivity contribution in [3.8, 4) is 34.4 Å². The zero-order valence-corrected chi connectivity index (χ0v) is 19.3. The monoisotopic (exact) mass is 514 g/mol. The van der Waals surface area contributed by atoms with Crippen LogP contribution in [0.4, 0.5) is 20.3 Å². The van der Waals surface area contributed by atoms with Gasteiger partial charge in [-0.3, -0.25) is 4.79 Å². The number of benzene rings is 3. The number of hydrogen-bond acceptors (Lipinski definition) is 9. The highest BCUT2D eigenvalue weighted by molar-refractivity contribution is 5.93.